The molecule has 0 unspecified atom stereocenters. The van der Waals surface area contributed by atoms with Crippen LogP contribution < -0.4 is 10.3 Å². The van der Waals surface area contributed by atoms with Gasteiger partial charge in [-0.1, -0.05) is 26.0 Å². The number of rotatable bonds is 4. The van der Waals surface area contributed by atoms with Crippen molar-refractivity contribution in [3.63, 3.8) is 0 Å². The molecule has 2 aromatic rings. The van der Waals surface area contributed by atoms with Crippen LogP contribution in [0.15, 0.2) is 33.5 Å². The van der Waals surface area contributed by atoms with Gasteiger partial charge in [-0.05, 0) is 40.4 Å². The molecular formula is C15H17BrN2O2. The number of halogens is 1. The molecule has 0 spiro atoms. The summed E-state index contributed by atoms with van der Waals surface area (Å²) in [5, 5.41) is 0. The van der Waals surface area contributed by atoms with E-state index in [0.29, 0.717) is 22.0 Å². The molecule has 1 aromatic carbocycles. The third-order valence-corrected chi connectivity index (χ3v) is 3.71. The summed E-state index contributed by atoms with van der Waals surface area (Å²) in [6.07, 6.45) is 0.743. The lowest BCUT2D eigenvalue weighted by molar-refractivity contribution is 0.416. The van der Waals surface area contributed by atoms with Crippen LogP contribution in [0.2, 0.25) is 0 Å². The van der Waals surface area contributed by atoms with Crippen LogP contribution in [0, 0.1) is 5.92 Å². The van der Waals surface area contributed by atoms with E-state index in [2.05, 4.69) is 39.7 Å². The Kier molecular flexibility index (Phi) is 4.60. The van der Waals surface area contributed by atoms with E-state index in [0.717, 1.165) is 17.7 Å². The zero-order valence-corrected chi connectivity index (χ0v) is 13.3. The topological polar surface area (TPSA) is 55.0 Å². The minimum Gasteiger partial charge on any atom is -0.496 e. The van der Waals surface area contributed by atoms with E-state index < -0.39 is 0 Å². The van der Waals surface area contributed by atoms with Crippen molar-refractivity contribution in [3.8, 4) is 17.1 Å². The maximum absolute atomic E-state index is 12.0. The van der Waals surface area contributed by atoms with Crippen LogP contribution in [0.3, 0.4) is 0 Å². The maximum atomic E-state index is 12.0. The molecule has 0 fully saturated rings. The lowest BCUT2D eigenvalue weighted by Crippen LogP contribution is -2.15. The number of H-pyrrole nitrogens is 1. The molecule has 0 saturated heterocycles. The molecule has 0 aliphatic heterocycles. The Hall–Kier alpha value is -1.62. The molecular weight excluding hydrogens is 320 g/mol. The summed E-state index contributed by atoms with van der Waals surface area (Å²) in [4.78, 5) is 19.4. The number of aromatic amines is 1. The first-order valence-electron chi connectivity index (χ1n) is 6.45. The molecule has 5 heteroatoms. The van der Waals surface area contributed by atoms with Gasteiger partial charge in [0.2, 0.25) is 0 Å². The Balaban J connectivity index is 2.58. The van der Waals surface area contributed by atoms with Crippen LogP contribution >= 0.6 is 15.9 Å². The SMILES string of the molecule is COc1ccccc1-c1nc(CC(C)C)c(Br)c(=O)[nH]1. The maximum Gasteiger partial charge on any atom is 0.265 e. The first kappa shape index (κ1) is 14.8. The Morgan fingerprint density at radius 2 is 2.05 bits per heavy atom. The Morgan fingerprint density at radius 3 is 2.70 bits per heavy atom. The van der Waals surface area contributed by atoms with Crippen molar-refractivity contribution in [1.82, 2.24) is 9.97 Å². The first-order chi connectivity index (χ1) is 9.52. The van der Waals surface area contributed by atoms with Gasteiger partial charge < -0.3 is 9.72 Å². The van der Waals surface area contributed by atoms with Crippen molar-refractivity contribution < 1.29 is 4.74 Å². The fourth-order valence-electron chi connectivity index (χ4n) is 2.00. The van der Waals surface area contributed by atoms with Crippen molar-refractivity contribution in [2.75, 3.05) is 7.11 Å². The standard InChI is InChI=1S/C15H17BrN2O2/c1-9(2)8-11-13(16)15(19)18-14(17-11)10-6-4-5-7-12(10)20-3/h4-7,9H,8H2,1-3H3,(H,17,18,19). The second-order valence-electron chi connectivity index (χ2n) is 4.97. The normalized spacial score (nSPS) is 10.8. The number of benzene rings is 1. The van der Waals surface area contributed by atoms with Crippen molar-refractivity contribution in [2.45, 2.75) is 20.3 Å². The number of methoxy groups -OCH3 is 1. The molecule has 0 saturated carbocycles. The molecule has 106 valence electrons. The molecule has 0 atom stereocenters. The summed E-state index contributed by atoms with van der Waals surface area (Å²) in [5.74, 6) is 1.64. The number of nitrogens with zero attached hydrogens (tertiary/aromatic N) is 1. The third-order valence-electron chi connectivity index (χ3n) is 2.90. The van der Waals surface area contributed by atoms with Gasteiger partial charge in [-0.15, -0.1) is 0 Å². The lowest BCUT2D eigenvalue weighted by Gasteiger charge is -2.11. The van der Waals surface area contributed by atoms with Crippen LogP contribution in [0.1, 0.15) is 19.5 Å². The van der Waals surface area contributed by atoms with Gasteiger partial charge in [0.25, 0.3) is 5.56 Å². The Labute approximate surface area is 126 Å². The van der Waals surface area contributed by atoms with Crippen LogP contribution in [-0.2, 0) is 6.42 Å². The molecule has 0 aliphatic rings. The summed E-state index contributed by atoms with van der Waals surface area (Å²) >= 11 is 3.31. The summed E-state index contributed by atoms with van der Waals surface area (Å²) < 4.78 is 5.82. The van der Waals surface area contributed by atoms with Crippen LogP contribution in [0.25, 0.3) is 11.4 Å². The molecule has 1 heterocycles. The highest BCUT2D eigenvalue weighted by atomic mass is 79.9. The van der Waals surface area contributed by atoms with Gasteiger partial charge in [-0.25, -0.2) is 4.98 Å². The van der Waals surface area contributed by atoms with E-state index in [4.69, 9.17) is 4.74 Å². The van der Waals surface area contributed by atoms with E-state index in [9.17, 15) is 4.79 Å². The number of nitrogens with one attached hydrogen (secondary N) is 1. The highest BCUT2D eigenvalue weighted by Crippen LogP contribution is 2.27. The minimum atomic E-state index is -0.170. The van der Waals surface area contributed by atoms with E-state index in [1.54, 1.807) is 7.11 Å². The number of hydrogen-bond acceptors (Lipinski definition) is 3. The fraction of sp³-hybridized carbons (Fsp3) is 0.333. The summed E-state index contributed by atoms with van der Waals surface area (Å²) in [5.41, 5.74) is 1.38. The van der Waals surface area contributed by atoms with Gasteiger partial charge in [-0.3, -0.25) is 4.79 Å². The van der Waals surface area contributed by atoms with Crippen LogP contribution in [0.4, 0.5) is 0 Å². The summed E-state index contributed by atoms with van der Waals surface area (Å²) in [6, 6.07) is 7.50. The molecule has 20 heavy (non-hydrogen) atoms. The number of hydrogen-bond donors (Lipinski definition) is 1. The second kappa shape index (κ2) is 6.22. The highest BCUT2D eigenvalue weighted by molar-refractivity contribution is 9.10. The van der Waals surface area contributed by atoms with E-state index >= 15 is 0 Å². The Bertz CT molecular complexity index is 665. The van der Waals surface area contributed by atoms with Crippen molar-refractivity contribution in [1.29, 1.82) is 0 Å². The quantitative estimate of drug-likeness (QED) is 0.930. The molecule has 4 nitrogen and oxygen atoms in total. The minimum absolute atomic E-state index is 0.170. The summed E-state index contributed by atoms with van der Waals surface area (Å²) in [6.45, 7) is 4.19. The van der Waals surface area contributed by atoms with E-state index in [-0.39, 0.29) is 5.56 Å². The number of para-hydroxylation sites is 1. The van der Waals surface area contributed by atoms with Crippen LogP contribution in [-0.4, -0.2) is 17.1 Å². The predicted molar refractivity (Wildman–Crippen MR) is 83.1 cm³/mol. The molecule has 2 rings (SSSR count). The van der Waals surface area contributed by atoms with Gasteiger partial charge in [-0.2, -0.15) is 0 Å². The molecule has 0 radical (unpaired) electrons. The van der Waals surface area contributed by atoms with Crippen molar-refractivity contribution in [2.24, 2.45) is 5.92 Å². The average molecular weight is 337 g/mol. The molecule has 0 bridgehead atoms. The van der Waals surface area contributed by atoms with Gasteiger partial charge in [0.15, 0.2) is 0 Å². The monoisotopic (exact) mass is 336 g/mol. The van der Waals surface area contributed by atoms with Crippen LogP contribution in [0.5, 0.6) is 5.75 Å². The number of aromatic nitrogens is 2. The van der Waals surface area contributed by atoms with Gasteiger partial charge in [0.1, 0.15) is 16.0 Å². The lowest BCUT2D eigenvalue weighted by atomic mass is 10.1. The second-order valence-corrected chi connectivity index (χ2v) is 5.77. The van der Waals surface area contributed by atoms with Gasteiger partial charge >= 0.3 is 0 Å². The molecule has 1 aromatic heterocycles. The fourth-order valence-corrected chi connectivity index (χ4v) is 2.34. The van der Waals surface area contributed by atoms with E-state index in [1.165, 1.54) is 0 Å². The highest BCUT2D eigenvalue weighted by Gasteiger charge is 2.14. The predicted octanol–water partition coefficient (Wildman–Crippen LogP) is 3.41. The van der Waals surface area contributed by atoms with Crippen molar-refractivity contribution >= 4 is 15.9 Å². The first-order valence-corrected chi connectivity index (χ1v) is 7.24. The number of ether oxygens (including phenoxy) is 1. The van der Waals surface area contributed by atoms with Crippen molar-refractivity contribution in [3.05, 3.63) is 44.8 Å². The largest absolute Gasteiger partial charge is 0.496 e. The molecule has 0 amide bonds. The summed E-state index contributed by atoms with van der Waals surface area (Å²) in [7, 11) is 1.60. The Morgan fingerprint density at radius 1 is 1.35 bits per heavy atom. The zero-order chi connectivity index (χ0) is 14.7. The average Bonchev–Trinajstić information content (AvgIpc) is 2.43. The van der Waals surface area contributed by atoms with Gasteiger partial charge in [0, 0.05) is 0 Å². The third kappa shape index (κ3) is 3.10. The van der Waals surface area contributed by atoms with E-state index in [1.807, 2.05) is 24.3 Å². The smallest absolute Gasteiger partial charge is 0.265 e. The molecule has 0 aliphatic carbocycles. The van der Waals surface area contributed by atoms with Gasteiger partial charge in [0.05, 0.1) is 18.4 Å². The molecule has 1 N–H and O–H groups in total. The zero-order valence-electron chi connectivity index (χ0n) is 11.7.